The fourth-order valence-corrected chi connectivity index (χ4v) is 15.1. The molecule has 5 atom stereocenters. The number of aliphatic hydroxyl groups is 1. The van der Waals surface area contributed by atoms with Gasteiger partial charge in [0.25, 0.3) is 0 Å². The molecule has 17 nitrogen and oxygen atoms in total. The second kappa shape index (κ2) is 79.4. The highest BCUT2D eigenvalue weighted by Gasteiger charge is 2.31. The van der Waals surface area contributed by atoms with Gasteiger partial charge in [-0.15, -0.1) is 0 Å². The van der Waals surface area contributed by atoms with Gasteiger partial charge in [-0.1, -0.05) is 400 Å². The molecule has 109 heavy (non-hydrogen) atoms. The first-order valence-electron chi connectivity index (χ1n) is 45.7. The van der Waals surface area contributed by atoms with Crippen molar-refractivity contribution in [3.8, 4) is 0 Å². The van der Waals surface area contributed by atoms with Crippen molar-refractivity contribution in [1.29, 1.82) is 0 Å². The topological polar surface area (TPSA) is 237 Å². The molecule has 0 aliphatic heterocycles. The van der Waals surface area contributed by atoms with Crippen molar-refractivity contribution in [2.24, 2.45) is 17.8 Å². The molecule has 0 heterocycles. The van der Waals surface area contributed by atoms with Gasteiger partial charge < -0.3 is 33.8 Å². The zero-order chi connectivity index (χ0) is 80.0. The van der Waals surface area contributed by atoms with Crippen molar-refractivity contribution in [1.82, 2.24) is 0 Å². The van der Waals surface area contributed by atoms with Crippen molar-refractivity contribution in [2.45, 2.75) is 471 Å². The molecule has 2 unspecified atom stereocenters. The zero-order valence-corrected chi connectivity index (χ0v) is 73.3. The van der Waals surface area contributed by atoms with Gasteiger partial charge in [-0.2, -0.15) is 0 Å². The highest BCUT2D eigenvalue weighted by Crippen LogP contribution is 2.45. The molecule has 3 N–H and O–H groups in total. The van der Waals surface area contributed by atoms with Crippen LogP contribution in [0.25, 0.3) is 0 Å². The van der Waals surface area contributed by atoms with Gasteiger partial charge in [-0.05, 0) is 69.1 Å². The molecule has 0 saturated carbocycles. The number of aliphatic hydroxyl groups excluding tert-OH is 1. The first-order valence-corrected chi connectivity index (χ1v) is 48.7. The van der Waals surface area contributed by atoms with Crippen LogP contribution in [0.5, 0.6) is 0 Å². The van der Waals surface area contributed by atoms with Gasteiger partial charge >= 0.3 is 39.5 Å². The molecule has 0 aliphatic rings. The number of phosphoric ester groups is 2. The van der Waals surface area contributed by atoms with Gasteiger partial charge in [0.15, 0.2) is 12.2 Å². The number of carbonyl (C=O) groups is 4. The van der Waals surface area contributed by atoms with Gasteiger partial charge in [-0.3, -0.25) is 37.3 Å². The Kier molecular flexibility index (Phi) is 77.6. The molecule has 644 valence electrons. The second-order valence-corrected chi connectivity index (χ2v) is 36.0. The molecule has 0 radical (unpaired) electrons. The number of phosphoric acid groups is 2. The minimum Gasteiger partial charge on any atom is -0.462 e. The summed E-state index contributed by atoms with van der Waals surface area (Å²) in [6, 6.07) is 0. The van der Waals surface area contributed by atoms with E-state index in [1.807, 2.05) is 0 Å². The largest absolute Gasteiger partial charge is 0.472 e. The maximum Gasteiger partial charge on any atom is 0.472 e. The number of unbranched alkanes of at least 4 members (excludes halogenated alkanes) is 51. The van der Waals surface area contributed by atoms with E-state index in [2.05, 4.69) is 72.8 Å². The van der Waals surface area contributed by atoms with Crippen LogP contribution in [0, 0.1) is 17.8 Å². The van der Waals surface area contributed by atoms with E-state index >= 15 is 0 Å². The molecule has 0 spiro atoms. The van der Waals surface area contributed by atoms with Crippen LogP contribution < -0.4 is 0 Å². The van der Waals surface area contributed by atoms with Crippen LogP contribution in [0.1, 0.15) is 453 Å². The van der Waals surface area contributed by atoms with E-state index in [1.165, 1.54) is 250 Å². The predicted octanol–water partition coefficient (Wildman–Crippen LogP) is 27.2. The summed E-state index contributed by atoms with van der Waals surface area (Å²) in [4.78, 5) is 73.3. The highest BCUT2D eigenvalue weighted by atomic mass is 31.2. The van der Waals surface area contributed by atoms with Crippen LogP contribution >= 0.6 is 15.6 Å². The Labute approximate surface area is 669 Å². The minimum absolute atomic E-state index is 0.0848. The molecule has 0 rings (SSSR count). The number of allylic oxidation sites excluding steroid dienone is 4. The number of hydrogen-bond donors (Lipinski definition) is 3. The fraction of sp³-hybridized carbons (Fsp3) is 0.911. The number of esters is 4. The summed E-state index contributed by atoms with van der Waals surface area (Å²) in [7, 11) is -9.95. The normalized spacial score (nSPS) is 14.0. The van der Waals surface area contributed by atoms with Crippen LogP contribution in [0.4, 0.5) is 0 Å². The van der Waals surface area contributed by atoms with Crippen molar-refractivity contribution in [2.75, 3.05) is 39.6 Å². The first kappa shape index (κ1) is 107. The predicted molar refractivity (Wildman–Crippen MR) is 450 cm³/mol. The monoisotopic (exact) mass is 1590 g/mol. The van der Waals surface area contributed by atoms with Crippen molar-refractivity contribution < 1.29 is 80.2 Å². The Morgan fingerprint density at radius 3 is 0.743 bits per heavy atom. The average Bonchev–Trinajstić information content (AvgIpc) is 0.899. The standard InChI is InChI=1S/C90H172O17P2/c1-8-9-10-11-12-13-14-15-24-32-37-44-52-59-66-73-89(94)107-86(78-101-88(93)72-65-58-51-46-39-42-49-56-63-70-83(6)7)80-105-109(98,99)103-76-84(91)75-102-108(96,97)104-79-85(106-90(95)74-67-60-53-45-38-33-28-23-19-17-21-26-30-35-41-48-55-62-69-82(4)5)77-100-87(92)71-64-57-50-43-36-31-27-22-18-16-20-25-29-34-40-47-54-61-68-81(2)3/h13-15,24,81-86,91H,8-12,16-23,25-80H2,1-7H3,(H,96,97)(H,98,99)/b14-13-,24-15-/t84-,85-,86-/m1/s1. The van der Waals surface area contributed by atoms with Gasteiger partial charge in [0.2, 0.25) is 0 Å². The molecule has 0 aromatic rings. The zero-order valence-electron chi connectivity index (χ0n) is 71.5. The van der Waals surface area contributed by atoms with E-state index in [0.717, 1.165) is 120 Å². The molecular weight excluding hydrogens is 1410 g/mol. The molecular formula is C90H172O17P2. The first-order chi connectivity index (χ1) is 52.7. The van der Waals surface area contributed by atoms with Gasteiger partial charge in [0.05, 0.1) is 26.4 Å². The Bertz CT molecular complexity index is 2190. The van der Waals surface area contributed by atoms with Crippen molar-refractivity contribution >= 4 is 39.5 Å². The lowest BCUT2D eigenvalue weighted by Gasteiger charge is -2.21. The van der Waals surface area contributed by atoms with Crippen LogP contribution in [0.15, 0.2) is 24.3 Å². The Balaban J connectivity index is 5.27. The lowest BCUT2D eigenvalue weighted by Crippen LogP contribution is -2.30. The Morgan fingerprint density at radius 2 is 0.495 bits per heavy atom. The minimum atomic E-state index is -4.97. The molecule has 0 saturated heterocycles. The van der Waals surface area contributed by atoms with E-state index < -0.39 is 97.5 Å². The quantitative estimate of drug-likeness (QED) is 0.0169. The molecule has 19 heteroatoms. The lowest BCUT2D eigenvalue weighted by atomic mass is 10.0. The van der Waals surface area contributed by atoms with E-state index in [-0.39, 0.29) is 25.7 Å². The number of carbonyl (C=O) groups excluding carboxylic acids is 4. The Morgan fingerprint density at radius 1 is 0.284 bits per heavy atom. The van der Waals surface area contributed by atoms with E-state index in [1.54, 1.807) is 0 Å². The summed E-state index contributed by atoms with van der Waals surface area (Å²) < 4.78 is 69.0. The molecule has 0 fully saturated rings. The number of ether oxygens (including phenoxy) is 4. The van der Waals surface area contributed by atoms with E-state index in [4.69, 9.17) is 37.0 Å². The van der Waals surface area contributed by atoms with Gasteiger partial charge in [0.1, 0.15) is 19.3 Å². The van der Waals surface area contributed by atoms with Crippen LogP contribution in [0.3, 0.4) is 0 Å². The summed E-state index contributed by atoms with van der Waals surface area (Å²) in [5.74, 6) is 0.251. The maximum absolute atomic E-state index is 13.2. The second-order valence-electron chi connectivity index (χ2n) is 33.1. The van der Waals surface area contributed by atoms with Crippen LogP contribution in [0.2, 0.25) is 0 Å². The lowest BCUT2D eigenvalue weighted by molar-refractivity contribution is -0.161. The summed E-state index contributed by atoms with van der Waals surface area (Å²) in [5.41, 5.74) is 0. The molecule has 0 aliphatic carbocycles. The SMILES string of the molecule is CCCCCC/C=C\C=C/CCCCCCCC(=O)O[C@H](COC(=O)CCCCCCCCCCCC(C)C)COP(=O)(O)OC[C@H](O)COP(=O)(O)OC[C@@H](COC(=O)CCCCCCCCCCCCCCCCCCCCC(C)C)OC(=O)CCCCCCCCCCCCCCCCCCCCC(C)C. The third-order valence-corrected chi connectivity index (χ3v) is 22.4. The smallest absolute Gasteiger partial charge is 0.462 e. The van der Waals surface area contributed by atoms with Crippen molar-refractivity contribution in [3.05, 3.63) is 24.3 Å². The van der Waals surface area contributed by atoms with Crippen LogP contribution in [-0.2, 0) is 65.4 Å². The summed E-state index contributed by atoms with van der Waals surface area (Å²) in [6.45, 7) is 12.0. The Hall–Kier alpha value is -2.46. The van der Waals surface area contributed by atoms with Crippen LogP contribution in [-0.4, -0.2) is 96.7 Å². The van der Waals surface area contributed by atoms with E-state index in [0.29, 0.717) is 25.7 Å². The molecule has 0 aromatic heterocycles. The third-order valence-electron chi connectivity index (χ3n) is 20.5. The summed E-state index contributed by atoms with van der Waals surface area (Å²) >= 11 is 0. The van der Waals surface area contributed by atoms with Gasteiger partial charge in [0, 0.05) is 25.7 Å². The average molecular weight is 1590 g/mol. The maximum atomic E-state index is 13.2. The van der Waals surface area contributed by atoms with Gasteiger partial charge in [-0.25, -0.2) is 9.13 Å². The van der Waals surface area contributed by atoms with E-state index in [9.17, 15) is 43.2 Å². The molecule has 0 aromatic carbocycles. The molecule has 0 amide bonds. The number of hydrogen-bond acceptors (Lipinski definition) is 15. The summed E-state index contributed by atoms with van der Waals surface area (Å²) in [5, 5.41) is 10.7. The van der Waals surface area contributed by atoms with Crippen molar-refractivity contribution in [3.63, 3.8) is 0 Å². The highest BCUT2D eigenvalue weighted by molar-refractivity contribution is 7.47. The third kappa shape index (κ3) is 83.3. The number of rotatable bonds is 86. The fourth-order valence-electron chi connectivity index (χ4n) is 13.5. The summed E-state index contributed by atoms with van der Waals surface area (Å²) in [6.07, 6.45) is 74.5. The molecule has 0 bridgehead atoms.